The Morgan fingerprint density at radius 1 is 1.17 bits per heavy atom. The number of pyridine rings is 1. The smallest absolute Gasteiger partial charge is 0.236 e. The van der Waals surface area contributed by atoms with Gasteiger partial charge in [-0.15, -0.1) is 0 Å². The molecule has 2 aromatic rings. The number of hydrogen-bond donors (Lipinski definition) is 1. The summed E-state index contributed by atoms with van der Waals surface area (Å²) in [5.74, 6) is 1.37. The van der Waals surface area contributed by atoms with Crippen molar-refractivity contribution in [2.24, 2.45) is 11.8 Å². The van der Waals surface area contributed by atoms with Crippen molar-refractivity contribution in [1.29, 1.82) is 0 Å². The molecule has 0 radical (unpaired) electrons. The second kappa shape index (κ2) is 12.0. The summed E-state index contributed by atoms with van der Waals surface area (Å²) in [5, 5.41) is 3.01. The zero-order valence-electron chi connectivity index (χ0n) is 20.7. The van der Waals surface area contributed by atoms with E-state index in [4.69, 9.17) is 4.74 Å². The zero-order valence-corrected chi connectivity index (χ0v) is 20.7. The van der Waals surface area contributed by atoms with Crippen LogP contribution in [-0.4, -0.2) is 58.9 Å². The maximum absolute atomic E-state index is 13.5. The molecule has 0 unspecified atom stereocenters. The molecule has 0 spiro atoms. The highest BCUT2D eigenvalue weighted by atomic mass is 16.5. The summed E-state index contributed by atoms with van der Waals surface area (Å²) in [7, 11) is 0. The molecule has 35 heavy (non-hydrogen) atoms. The van der Waals surface area contributed by atoms with E-state index in [0.717, 1.165) is 23.3 Å². The van der Waals surface area contributed by atoms with E-state index >= 15 is 0 Å². The molecule has 4 rings (SSSR count). The van der Waals surface area contributed by atoms with E-state index in [9.17, 15) is 9.59 Å². The highest BCUT2D eigenvalue weighted by Crippen LogP contribution is 2.29. The van der Waals surface area contributed by atoms with Crippen LogP contribution >= 0.6 is 0 Å². The van der Waals surface area contributed by atoms with E-state index in [1.165, 1.54) is 0 Å². The molecule has 7 nitrogen and oxygen atoms in total. The van der Waals surface area contributed by atoms with Crippen LogP contribution in [-0.2, 0) is 22.7 Å². The minimum Gasteiger partial charge on any atom is -0.489 e. The molecule has 1 aromatic heterocycles. The lowest BCUT2D eigenvalue weighted by Crippen LogP contribution is -2.48. The molecule has 3 heterocycles. The van der Waals surface area contributed by atoms with Crippen LogP contribution in [0.2, 0.25) is 0 Å². The van der Waals surface area contributed by atoms with E-state index in [1.54, 1.807) is 12.4 Å². The largest absolute Gasteiger partial charge is 0.489 e. The Bertz CT molecular complexity index is 1020. The summed E-state index contributed by atoms with van der Waals surface area (Å²) >= 11 is 0. The standard InChI is InChI=1S/C28H36N4O3/c1-21(2)30-27(33)16-23-11-14-32-19-24(23)7-5-15-35-26-8-4-3-6-25(26)18-31(20-28(32)34)17-22-9-12-29-13-10-22/h3-10,12-13,21,23-24H,11,14-20H2,1-2H3,(H,30,33)/b7-5-/t23-,24-/m0/s1. The maximum Gasteiger partial charge on any atom is 0.236 e. The first-order valence-corrected chi connectivity index (χ1v) is 12.5. The van der Waals surface area contributed by atoms with Gasteiger partial charge in [-0.1, -0.05) is 30.4 Å². The van der Waals surface area contributed by atoms with Gasteiger partial charge >= 0.3 is 0 Å². The molecule has 0 saturated carbocycles. The van der Waals surface area contributed by atoms with Crippen molar-refractivity contribution in [2.75, 3.05) is 26.2 Å². The van der Waals surface area contributed by atoms with E-state index < -0.39 is 0 Å². The molecule has 2 atom stereocenters. The fraction of sp³-hybridized carbons (Fsp3) is 0.464. The minimum atomic E-state index is 0.0785. The van der Waals surface area contributed by atoms with Crippen LogP contribution in [0.5, 0.6) is 5.75 Å². The first-order chi connectivity index (χ1) is 17.0. The molecule has 1 aromatic carbocycles. The molecule has 1 fully saturated rings. The number of fused-ring (bicyclic) bond motifs is 3. The Hall–Kier alpha value is -3.19. The van der Waals surface area contributed by atoms with Gasteiger partial charge in [0.1, 0.15) is 12.4 Å². The van der Waals surface area contributed by atoms with E-state index in [1.807, 2.05) is 55.2 Å². The number of benzene rings is 1. The summed E-state index contributed by atoms with van der Waals surface area (Å²) in [6, 6.07) is 12.1. The Morgan fingerprint density at radius 3 is 2.77 bits per heavy atom. The number of ether oxygens (including phenoxy) is 1. The lowest BCUT2D eigenvalue weighted by atomic mass is 9.82. The van der Waals surface area contributed by atoms with Gasteiger partial charge in [0.05, 0.1) is 6.54 Å². The van der Waals surface area contributed by atoms with Gasteiger partial charge in [-0.05, 0) is 55.9 Å². The van der Waals surface area contributed by atoms with Crippen molar-refractivity contribution in [2.45, 2.75) is 45.8 Å². The summed E-state index contributed by atoms with van der Waals surface area (Å²) in [4.78, 5) is 34.2. The number of piperidine rings is 1. The molecular weight excluding hydrogens is 440 g/mol. The molecule has 1 N–H and O–H groups in total. The van der Waals surface area contributed by atoms with E-state index in [-0.39, 0.29) is 29.7 Å². The van der Waals surface area contributed by atoms with Crippen LogP contribution in [0.15, 0.2) is 60.9 Å². The van der Waals surface area contributed by atoms with Gasteiger partial charge in [-0.25, -0.2) is 0 Å². The first kappa shape index (κ1) is 24.9. The van der Waals surface area contributed by atoms with Crippen LogP contribution in [0.1, 0.15) is 37.8 Å². The predicted molar refractivity (Wildman–Crippen MR) is 136 cm³/mol. The fourth-order valence-corrected chi connectivity index (χ4v) is 4.94. The van der Waals surface area contributed by atoms with Crippen LogP contribution in [0.25, 0.3) is 0 Å². The Balaban J connectivity index is 1.55. The van der Waals surface area contributed by atoms with Gasteiger partial charge in [0.25, 0.3) is 0 Å². The van der Waals surface area contributed by atoms with Crippen LogP contribution in [0.3, 0.4) is 0 Å². The van der Waals surface area contributed by atoms with Crippen molar-refractivity contribution in [3.63, 3.8) is 0 Å². The van der Waals surface area contributed by atoms with Gasteiger partial charge in [-0.2, -0.15) is 0 Å². The van der Waals surface area contributed by atoms with Crippen LogP contribution < -0.4 is 10.1 Å². The highest BCUT2D eigenvalue weighted by molar-refractivity contribution is 5.79. The summed E-state index contributed by atoms with van der Waals surface area (Å²) < 4.78 is 6.13. The van der Waals surface area contributed by atoms with Gasteiger partial charge in [-0.3, -0.25) is 19.5 Å². The number of carbonyl (C=O) groups is 2. The minimum absolute atomic E-state index is 0.0785. The van der Waals surface area contributed by atoms with Crippen molar-refractivity contribution in [3.05, 3.63) is 72.1 Å². The maximum atomic E-state index is 13.5. The van der Waals surface area contributed by atoms with Gasteiger partial charge in [0.2, 0.25) is 11.8 Å². The average molecular weight is 477 g/mol. The molecule has 0 aliphatic carbocycles. The van der Waals surface area contributed by atoms with Gasteiger partial charge in [0, 0.05) is 56.6 Å². The molecule has 1 saturated heterocycles. The number of para-hydroxylation sites is 1. The number of nitrogens with one attached hydrogen (secondary N) is 1. The molecule has 2 aliphatic heterocycles. The highest BCUT2D eigenvalue weighted by Gasteiger charge is 2.32. The van der Waals surface area contributed by atoms with Gasteiger partial charge < -0.3 is 15.0 Å². The quantitative estimate of drug-likeness (QED) is 0.670. The Kier molecular flexibility index (Phi) is 8.53. The second-order valence-corrected chi connectivity index (χ2v) is 9.83. The van der Waals surface area contributed by atoms with Crippen LogP contribution in [0, 0.1) is 11.8 Å². The predicted octanol–water partition coefficient (Wildman–Crippen LogP) is 3.41. The second-order valence-electron chi connectivity index (χ2n) is 9.83. The molecule has 2 aliphatic rings. The summed E-state index contributed by atoms with van der Waals surface area (Å²) in [5.41, 5.74) is 2.17. The topological polar surface area (TPSA) is 74.8 Å². The number of amides is 2. The fourth-order valence-electron chi connectivity index (χ4n) is 4.94. The molecule has 186 valence electrons. The number of carbonyl (C=O) groups excluding carboxylic acids is 2. The average Bonchev–Trinajstić information content (AvgIpc) is 2.84. The molecule has 2 amide bonds. The SMILES string of the molecule is CC(C)NC(=O)C[C@@H]1CCN2C[C@@H]1/C=C\COc1ccccc1CN(Cc1ccncc1)CC2=O. The van der Waals surface area contributed by atoms with Crippen molar-refractivity contribution < 1.29 is 14.3 Å². The zero-order chi connectivity index (χ0) is 24.6. The lowest BCUT2D eigenvalue weighted by Gasteiger charge is -2.38. The Labute approximate surface area is 208 Å². The number of nitrogens with zero attached hydrogens (tertiary/aromatic N) is 3. The molecule has 2 bridgehead atoms. The number of aromatic nitrogens is 1. The summed E-state index contributed by atoms with van der Waals surface area (Å²) in [6.07, 6.45) is 9.04. The van der Waals surface area contributed by atoms with Crippen LogP contribution in [0.4, 0.5) is 0 Å². The third-order valence-electron chi connectivity index (χ3n) is 6.66. The molecule has 7 heteroatoms. The monoisotopic (exact) mass is 476 g/mol. The first-order valence-electron chi connectivity index (χ1n) is 12.5. The van der Waals surface area contributed by atoms with Crippen molar-refractivity contribution in [3.8, 4) is 5.75 Å². The third kappa shape index (κ3) is 7.15. The number of rotatable bonds is 5. The van der Waals surface area contributed by atoms with Crippen molar-refractivity contribution in [1.82, 2.24) is 20.1 Å². The van der Waals surface area contributed by atoms with Crippen molar-refractivity contribution >= 4 is 11.8 Å². The molecular formula is C28H36N4O3. The normalized spacial score (nSPS) is 22.3. The van der Waals surface area contributed by atoms with E-state index in [2.05, 4.69) is 27.3 Å². The number of hydrogen-bond acceptors (Lipinski definition) is 5. The van der Waals surface area contributed by atoms with Gasteiger partial charge in [0.15, 0.2) is 0 Å². The van der Waals surface area contributed by atoms with E-state index in [0.29, 0.717) is 45.8 Å². The third-order valence-corrected chi connectivity index (χ3v) is 6.66. The Morgan fingerprint density at radius 2 is 1.97 bits per heavy atom. The summed E-state index contributed by atoms with van der Waals surface area (Å²) in [6.45, 7) is 7.31. The lowest BCUT2D eigenvalue weighted by molar-refractivity contribution is -0.135.